The summed E-state index contributed by atoms with van der Waals surface area (Å²) in [6.07, 6.45) is 0. The van der Waals surface area contributed by atoms with Gasteiger partial charge in [-0.25, -0.2) is 4.98 Å². The van der Waals surface area contributed by atoms with Crippen molar-refractivity contribution in [3.63, 3.8) is 0 Å². The summed E-state index contributed by atoms with van der Waals surface area (Å²) in [5.74, 6) is -0.238. The van der Waals surface area contributed by atoms with Crippen LogP contribution in [-0.2, 0) is 5.11 Å². The van der Waals surface area contributed by atoms with Crippen molar-refractivity contribution in [2.45, 2.75) is 5.03 Å². The molecular weight excluding hydrogens is 122 g/mol. The molecule has 0 saturated carbocycles. The minimum absolute atomic E-state index is 0.238. The SMILES string of the molecule is [O]c1cccc(S)n1. The Hall–Kier alpha value is -0.700. The molecule has 0 aliphatic rings. The van der Waals surface area contributed by atoms with Gasteiger partial charge in [0, 0.05) is 6.07 Å². The summed E-state index contributed by atoms with van der Waals surface area (Å²) in [7, 11) is 0. The Balaban J connectivity index is 3.08. The molecule has 0 saturated heterocycles. The Morgan fingerprint density at radius 2 is 2.25 bits per heavy atom. The van der Waals surface area contributed by atoms with Crippen LogP contribution in [-0.4, -0.2) is 4.98 Å². The second-order valence-corrected chi connectivity index (χ2v) is 1.79. The van der Waals surface area contributed by atoms with Crippen LogP contribution in [0.3, 0.4) is 0 Å². The van der Waals surface area contributed by atoms with Gasteiger partial charge in [0.2, 0.25) is 0 Å². The molecule has 0 atom stereocenters. The van der Waals surface area contributed by atoms with E-state index in [-0.39, 0.29) is 5.88 Å². The van der Waals surface area contributed by atoms with Gasteiger partial charge < -0.3 is 0 Å². The smallest absolute Gasteiger partial charge is 0.267 e. The molecule has 1 rings (SSSR count). The van der Waals surface area contributed by atoms with Gasteiger partial charge in [-0.05, 0) is 6.07 Å². The van der Waals surface area contributed by atoms with Crippen LogP contribution in [0.15, 0.2) is 23.2 Å². The number of aromatic nitrogens is 1. The second-order valence-electron chi connectivity index (χ2n) is 1.33. The van der Waals surface area contributed by atoms with E-state index in [9.17, 15) is 5.11 Å². The van der Waals surface area contributed by atoms with E-state index in [0.29, 0.717) is 5.03 Å². The van der Waals surface area contributed by atoms with Crippen molar-refractivity contribution in [3.05, 3.63) is 18.2 Å². The Morgan fingerprint density at radius 3 is 2.62 bits per heavy atom. The van der Waals surface area contributed by atoms with Gasteiger partial charge in [-0.1, -0.05) is 6.07 Å². The van der Waals surface area contributed by atoms with Crippen molar-refractivity contribution in [1.29, 1.82) is 0 Å². The molecular formula is C5H4NOS. The molecule has 3 heteroatoms. The van der Waals surface area contributed by atoms with Gasteiger partial charge in [0.05, 0.1) is 5.03 Å². The van der Waals surface area contributed by atoms with Crippen molar-refractivity contribution in [2.24, 2.45) is 0 Å². The predicted octanol–water partition coefficient (Wildman–Crippen LogP) is 1.51. The third-order valence-corrected chi connectivity index (χ3v) is 0.958. The molecule has 0 N–H and O–H groups in total. The van der Waals surface area contributed by atoms with Gasteiger partial charge in [0.25, 0.3) is 5.88 Å². The van der Waals surface area contributed by atoms with Crippen molar-refractivity contribution >= 4 is 12.6 Å². The quantitative estimate of drug-likeness (QED) is 0.525. The van der Waals surface area contributed by atoms with E-state index in [1.807, 2.05) is 0 Å². The highest BCUT2D eigenvalue weighted by Crippen LogP contribution is 2.07. The summed E-state index contributed by atoms with van der Waals surface area (Å²) < 4.78 is 0. The average molecular weight is 126 g/mol. The lowest BCUT2D eigenvalue weighted by molar-refractivity contribution is 0.334. The van der Waals surface area contributed by atoms with Crippen LogP contribution in [0.2, 0.25) is 0 Å². The zero-order valence-corrected chi connectivity index (χ0v) is 4.93. The van der Waals surface area contributed by atoms with Crippen LogP contribution in [0.5, 0.6) is 5.88 Å². The number of pyridine rings is 1. The number of hydrogen-bond acceptors (Lipinski definition) is 2. The summed E-state index contributed by atoms with van der Waals surface area (Å²) in [6.45, 7) is 0. The Kier molecular flexibility index (Phi) is 1.39. The van der Waals surface area contributed by atoms with E-state index in [4.69, 9.17) is 0 Å². The third kappa shape index (κ3) is 1.13. The second kappa shape index (κ2) is 2.05. The van der Waals surface area contributed by atoms with E-state index in [0.717, 1.165) is 0 Å². The lowest BCUT2D eigenvalue weighted by atomic mass is 10.5. The monoisotopic (exact) mass is 126 g/mol. The maximum atomic E-state index is 10.3. The van der Waals surface area contributed by atoms with Crippen LogP contribution in [0.25, 0.3) is 0 Å². The van der Waals surface area contributed by atoms with Crippen molar-refractivity contribution in [3.8, 4) is 5.88 Å². The first-order chi connectivity index (χ1) is 3.79. The number of hydrogen-bond donors (Lipinski definition) is 1. The number of thiol groups is 1. The van der Waals surface area contributed by atoms with Crippen LogP contribution in [0.1, 0.15) is 0 Å². The standard InChI is InChI=1S/C5H4NOS/c7-4-2-1-3-5(8)6-4/h1-3H,(H,6,8). The van der Waals surface area contributed by atoms with Crippen LogP contribution in [0, 0.1) is 0 Å². The maximum absolute atomic E-state index is 10.3. The van der Waals surface area contributed by atoms with Gasteiger partial charge in [-0.3, -0.25) is 5.11 Å². The van der Waals surface area contributed by atoms with Gasteiger partial charge in [0.1, 0.15) is 0 Å². The molecule has 1 aromatic heterocycles. The Labute approximate surface area is 52.6 Å². The molecule has 41 valence electrons. The minimum Gasteiger partial charge on any atom is -0.267 e. The molecule has 8 heavy (non-hydrogen) atoms. The third-order valence-electron chi connectivity index (χ3n) is 0.709. The van der Waals surface area contributed by atoms with Gasteiger partial charge in [-0.15, -0.1) is 12.6 Å². The van der Waals surface area contributed by atoms with Crippen LogP contribution in [0.4, 0.5) is 0 Å². The highest BCUT2D eigenvalue weighted by atomic mass is 32.1. The van der Waals surface area contributed by atoms with Gasteiger partial charge in [-0.2, -0.15) is 0 Å². The van der Waals surface area contributed by atoms with Gasteiger partial charge in [0.15, 0.2) is 0 Å². The summed E-state index contributed by atoms with van der Waals surface area (Å²) in [5.41, 5.74) is 0. The normalized spacial score (nSPS) is 9.12. The summed E-state index contributed by atoms with van der Waals surface area (Å²) in [6, 6.07) is 4.67. The lowest BCUT2D eigenvalue weighted by Crippen LogP contribution is -1.71. The van der Waals surface area contributed by atoms with Gasteiger partial charge >= 0.3 is 0 Å². The van der Waals surface area contributed by atoms with Crippen molar-refractivity contribution < 1.29 is 5.11 Å². The Morgan fingerprint density at radius 1 is 1.50 bits per heavy atom. The largest absolute Gasteiger partial charge is 0.270 e. The zero-order valence-electron chi connectivity index (χ0n) is 4.03. The first-order valence-corrected chi connectivity index (χ1v) is 2.57. The predicted molar refractivity (Wildman–Crippen MR) is 31.6 cm³/mol. The average Bonchev–Trinajstić information content (AvgIpc) is 1.64. The fourth-order valence-corrected chi connectivity index (χ4v) is 0.589. The molecule has 0 amide bonds. The molecule has 1 heterocycles. The molecule has 0 fully saturated rings. The number of rotatable bonds is 0. The lowest BCUT2D eigenvalue weighted by Gasteiger charge is -1.85. The molecule has 0 spiro atoms. The van der Waals surface area contributed by atoms with Crippen LogP contribution < -0.4 is 0 Å². The molecule has 2 nitrogen and oxygen atoms in total. The van der Waals surface area contributed by atoms with Crippen molar-refractivity contribution in [2.75, 3.05) is 0 Å². The fourth-order valence-electron chi connectivity index (χ4n) is 0.404. The van der Waals surface area contributed by atoms with E-state index < -0.39 is 0 Å². The topological polar surface area (TPSA) is 32.8 Å². The molecule has 0 aliphatic heterocycles. The molecule has 0 aromatic carbocycles. The van der Waals surface area contributed by atoms with Crippen molar-refractivity contribution in [1.82, 2.24) is 4.98 Å². The molecule has 1 radical (unpaired) electrons. The summed E-state index contributed by atoms with van der Waals surface area (Å²) in [5, 5.41) is 10.8. The minimum atomic E-state index is -0.238. The summed E-state index contributed by atoms with van der Waals surface area (Å²) in [4.78, 5) is 3.48. The molecule has 0 unspecified atom stereocenters. The van der Waals surface area contributed by atoms with E-state index >= 15 is 0 Å². The fraction of sp³-hybridized carbons (Fsp3) is 0. The Bertz CT molecular complexity index is 172. The van der Waals surface area contributed by atoms with E-state index in [1.165, 1.54) is 6.07 Å². The van der Waals surface area contributed by atoms with E-state index in [1.54, 1.807) is 12.1 Å². The molecule has 0 aliphatic carbocycles. The maximum Gasteiger partial charge on any atom is 0.270 e. The number of nitrogens with zero attached hydrogens (tertiary/aromatic N) is 1. The molecule has 1 aromatic rings. The van der Waals surface area contributed by atoms with E-state index in [2.05, 4.69) is 17.6 Å². The summed E-state index contributed by atoms with van der Waals surface area (Å²) >= 11 is 3.84. The first-order valence-electron chi connectivity index (χ1n) is 2.12. The highest BCUT2D eigenvalue weighted by Gasteiger charge is 1.88. The molecule has 0 bridgehead atoms. The van der Waals surface area contributed by atoms with Crippen LogP contribution >= 0.6 is 12.6 Å². The highest BCUT2D eigenvalue weighted by molar-refractivity contribution is 7.80. The zero-order chi connectivity index (χ0) is 5.98. The first kappa shape index (κ1) is 5.44.